The van der Waals surface area contributed by atoms with Gasteiger partial charge in [-0.25, -0.2) is 4.98 Å². The molecule has 0 radical (unpaired) electrons. The van der Waals surface area contributed by atoms with Gasteiger partial charge in [0.2, 0.25) is 5.82 Å². The zero-order valence-corrected chi connectivity index (χ0v) is 11.1. The first-order valence-corrected chi connectivity index (χ1v) is 5.83. The zero-order valence-electron chi connectivity index (χ0n) is 10.3. The van der Waals surface area contributed by atoms with E-state index in [1.54, 1.807) is 13.8 Å². The predicted molar refractivity (Wildman–Crippen MR) is 69.2 cm³/mol. The molecule has 2 heterocycles. The Balaban J connectivity index is 2.24. The number of aromatic nitrogens is 2. The van der Waals surface area contributed by atoms with Crippen LogP contribution in [0, 0.1) is 24.0 Å². The molecule has 0 unspecified atom stereocenters. The van der Waals surface area contributed by atoms with E-state index in [-0.39, 0.29) is 16.7 Å². The molecule has 0 amide bonds. The Bertz CT molecular complexity index is 607. The second-order valence-corrected chi connectivity index (χ2v) is 4.30. The van der Waals surface area contributed by atoms with Crippen molar-refractivity contribution in [3.63, 3.8) is 0 Å². The molecule has 0 saturated carbocycles. The van der Waals surface area contributed by atoms with E-state index in [2.05, 4.69) is 15.5 Å². The highest BCUT2D eigenvalue weighted by molar-refractivity contribution is 6.29. The van der Waals surface area contributed by atoms with Gasteiger partial charge in [-0.3, -0.25) is 10.1 Å². The van der Waals surface area contributed by atoms with Crippen molar-refractivity contribution < 1.29 is 9.45 Å². The van der Waals surface area contributed by atoms with E-state index >= 15 is 0 Å². The monoisotopic (exact) mass is 282 g/mol. The summed E-state index contributed by atoms with van der Waals surface area (Å²) in [6.45, 7) is 3.90. The van der Waals surface area contributed by atoms with Gasteiger partial charge in [-0.2, -0.15) is 0 Å². The molecular weight excluding hydrogens is 272 g/mol. The van der Waals surface area contributed by atoms with E-state index in [9.17, 15) is 10.1 Å². The molecule has 0 aliphatic rings. The molecule has 0 spiro atoms. The van der Waals surface area contributed by atoms with Crippen LogP contribution in [-0.4, -0.2) is 15.1 Å². The molecule has 8 heteroatoms. The third kappa shape index (κ3) is 2.82. The molecule has 7 nitrogen and oxygen atoms in total. The molecule has 1 N–H and O–H groups in total. The van der Waals surface area contributed by atoms with E-state index in [1.807, 2.05) is 0 Å². The second-order valence-electron chi connectivity index (χ2n) is 3.92. The summed E-state index contributed by atoms with van der Waals surface area (Å²) in [6, 6.07) is 2.69. The quantitative estimate of drug-likeness (QED) is 0.526. The molecular formula is C11H11ClN4O3. The van der Waals surface area contributed by atoms with Gasteiger partial charge in [-0.15, -0.1) is 0 Å². The molecule has 2 aromatic heterocycles. The van der Waals surface area contributed by atoms with Gasteiger partial charge in [-0.05, 0) is 19.9 Å². The van der Waals surface area contributed by atoms with Crippen molar-refractivity contribution in [1.82, 2.24) is 10.1 Å². The lowest BCUT2D eigenvalue weighted by atomic mass is 10.2. The van der Waals surface area contributed by atoms with Gasteiger partial charge < -0.3 is 9.84 Å². The second kappa shape index (κ2) is 5.23. The summed E-state index contributed by atoms with van der Waals surface area (Å²) >= 11 is 5.74. The Hall–Kier alpha value is -2.15. The lowest BCUT2D eigenvalue weighted by Gasteiger charge is -2.06. The first kappa shape index (κ1) is 13.3. The minimum atomic E-state index is -0.515. The summed E-state index contributed by atoms with van der Waals surface area (Å²) in [5.74, 6) is 0.784. The largest absolute Gasteiger partial charge is 0.361 e. The Labute approximate surface area is 113 Å². The van der Waals surface area contributed by atoms with E-state index in [1.165, 1.54) is 12.1 Å². The maximum atomic E-state index is 10.9. The van der Waals surface area contributed by atoms with Gasteiger partial charge in [0.1, 0.15) is 10.9 Å². The van der Waals surface area contributed by atoms with Crippen molar-refractivity contribution in [2.45, 2.75) is 20.4 Å². The average molecular weight is 283 g/mol. The van der Waals surface area contributed by atoms with E-state index < -0.39 is 4.92 Å². The lowest BCUT2D eigenvalue weighted by Crippen LogP contribution is -2.06. The SMILES string of the molecule is Cc1noc(C)c1CNc1nc(Cl)ccc1[N+](=O)[O-]. The molecule has 0 saturated heterocycles. The summed E-state index contributed by atoms with van der Waals surface area (Å²) in [4.78, 5) is 14.3. The zero-order chi connectivity index (χ0) is 14.0. The van der Waals surface area contributed by atoms with Crippen LogP contribution in [0.25, 0.3) is 0 Å². The smallest absolute Gasteiger partial charge is 0.311 e. The van der Waals surface area contributed by atoms with Crippen LogP contribution in [0.15, 0.2) is 16.7 Å². The molecule has 100 valence electrons. The number of nitrogens with zero attached hydrogens (tertiary/aromatic N) is 3. The Morgan fingerprint density at radius 2 is 2.21 bits per heavy atom. The number of hydrogen-bond acceptors (Lipinski definition) is 6. The maximum absolute atomic E-state index is 10.9. The van der Waals surface area contributed by atoms with Crippen LogP contribution < -0.4 is 5.32 Å². The van der Waals surface area contributed by atoms with Crippen molar-refractivity contribution in [2.75, 3.05) is 5.32 Å². The van der Waals surface area contributed by atoms with Crippen molar-refractivity contribution in [2.24, 2.45) is 0 Å². The topological polar surface area (TPSA) is 94.1 Å². The minimum Gasteiger partial charge on any atom is -0.361 e. The fourth-order valence-corrected chi connectivity index (χ4v) is 1.78. The predicted octanol–water partition coefficient (Wildman–Crippen LogP) is 2.86. The number of pyridine rings is 1. The number of aryl methyl sites for hydroxylation is 2. The van der Waals surface area contributed by atoms with Crippen LogP contribution in [0.5, 0.6) is 0 Å². The van der Waals surface area contributed by atoms with E-state index in [4.69, 9.17) is 16.1 Å². The highest BCUT2D eigenvalue weighted by Gasteiger charge is 2.17. The van der Waals surface area contributed by atoms with Crippen molar-refractivity contribution in [3.8, 4) is 0 Å². The number of anilines is 1. The number of halogens is 1. The average Bonchev–Trinajstić information content (AvgIpc) is 2.66. The molecule has 2 rings (SSSR count). The van der Waals surface area contributed by atoms with Crippen LogP contribution in [0.3, 0.4) is 0 Å². The van der Waals surface area contributed by atoms with Crippen molar-refractivity contribution >= 4 is 23.1 Å². The Morgan fingerprint density at radius 1 is 1.47 bits per heavy atom. The van der Waals surface area contributed by atoms with Crippen molar-refractivity contribution in [3.05, 3.63) is 44.4 Å². The lowest BCUT2D eigenvalue weighted by molar-refractivity contribution is -0.384. The molecule has 2 aromatic rings. The molecule has 0 aliphatic heterocycles. The standard InChI is InChI=1S/C11H11ClN4O3/c1-6-8(7(2)19-15-6)5-13-11-9(16(17)18)3-4-10(12)14-11/h3-4H,5H2,1-2H3,(H,13,14). The molecule has 19 heavy (non-hydrogen) atoms. The van der Waals surface area contributed by atoms with Crippen LogP contribution >= 0.6 is 11.6 Å². The number of rotatable bonds is 4. The molecule has 0 fully saturated rings. The van der Waals surface area contributed by atoms with Crippen LogP contribution in [0.2, 0.25) is 5.15 Å². The highest BCUT2D eigenvalue weighted by atomic mass is 35.5. The highest BCUT2D eigenvalue weighted by Crippen LogP contribution is 2.25. The minimum absolute atomic E-state index is 0.123. The number of hydrogen-bond donors (Lipinski definition) is 1. The summed E-state index contributed by atoms with van der Waals surface area (Å²) < 4.78 is 5.01. The van der Waals surface area contributed by atoms with Crippen molar-refractivity contribution in [1.29, 1.82) is 0 Å². The summed E-state index contributed by atoms with van der Waals surface area (Å²) in [5.41, 5.74) is 1.45. The fourth-order valence-electron chi connectivity index (χ4n) is 1.63. The molecule has 0 atom stereocenters. The Kier molecular flexibility index (Phi) is 3.66. The molecule has 0 bridgehead atoms. The summed E-state index contributed by atoms with van der Waals surface area (Å²) in [5, 5.41) is 17.8. The first-order valence-electron chi connectivity index (χ1n) is 5.45. The normalized spacial score (nSPS) is 10.5. The van der Waals surface area contributed by atoms with E-state index in [0.29, 0.717) is 12.3 Å². The van der Waals surface area contributed by atoms with Gasteiger partial charge in [0, 0.05) is 18.2 Å². The molecule has 0 aliphatic carbocycles. The van der Waals surface area contributed by atoms with Gasteiger partial charge in [0.25, 0.3) is 0 Å². The van der Waals surface area contributed by atoms with Crippen LogP contribution in [0.4, 0.5) is 11.5 Å². The molecule has 0 aromatic carbocycles. The van der Waals surface area contributed by atoms with Crippen LogP contribution in [-0.2, 0) is 6.54 Å². The Morgan fingerprint density at radius 3 is 2.79 bits per heavy atom. The van der Waals surface area contributed by atoms with E-state index in [0.717, 1.165) is 11.3 Å². The van der Waals surface area contributed by atoms with Crippen LogP contribution in [0.1, 0.15) is 17.0 Å². The van der Waals surface area contributed by atoms with Gasteiger partial charge in [-0.1, -0.05) is 16.8 Å². The van der Waals surface area contributed by atoms with Gasteiger partial charge in [0.05, 0.1) is 10.6 Å². The number of nitro groups is 1. The maximum Gasteiger partial charge on any atom is 0.311 e. The fraction of sp³-hybridized carbons (Fsp3) is 0.273. The van der Waals surface area contributed by atoms with Gasteiger partial charge in [0.15, 0.2) is 0 Å². The third-order valence-corrected chi connectivity index (χ3v) is 2.86. The summed E-state index contributed by atoms with van der Waals surface area (Å²) in [7, 11) is 0. The number of nitrogens with one attached hydrogen (secondary N) is 1. The third-order valence-electron chi connectivity index (χ3n) is 2.65. The van der Waals surface area contributed by atoms with Gasteiger partial charge >= 0.3 is 5.69 Å². The first-order chi connectivity index (χ1) is 8.99. The summed E-state index contributed by atoms with van der Waals surface area (Å²) in [6.07, 6.45) is 0.